The molecule has 3 heteroatoms. The van der Waals surface area contributed by atoms with Crippen LogP contribution in [0.15, 0.2) is 21.9 Å². The van der Waals surface area contributed by atoms with Crippen LogP contribution in [0.4, 0.5) is 0 Å². The molecule has 0 atom stereocenters. The number of hydrogen-bond donors (Lipinski definition) is 0. The Morgan fingerprint density at radius 1 is 1.50 bits per heavy atom. The molecule has 0 aromatic heterocycles. The summed E-state index contributed by atoms with van der Waals surface area (Å²) in [6, 6.07) is 0. The predicted molar refractivity (Wildman–Crippen MR) is 42.5 cm³/mol. The molecule has 66 valence electrons. The van der Waals surface area contributed by atoms with Crippen LogP contribution < -0.4 is 0 Å². The summed E-state index contributed by atoms with van der Waals surface area (Å²) < 4.78 is 4.63. The number of hydrogen-bond acceptors (Lipinski definition) is 2. The van der Waals surface area contributed by atoms with Crippen molar-refractivity contribution in [2.75, 3.05) is 0 Å². The summed E-state index contributed by atoms with van der Waals surface area (Å²) in [5.41, 5.74) is 1.13. The molecule has 0 radical (unpaired) electrons. The maximum atomic E-state index is 10.4. The molecular weight excluding hydrogens is 243 g/mol. The van der Waals surface area contributed by atoms with E-state index in [9.17, 15) is 9.59 Å². The predicted octanol–water partition coefficient (Wildman–Crippen LogP) is 1.36. The molecule has 0 bridgehead atoms. The second-order valence-corrected chi connectivity index (χ2v) is 5.14. The normalized spacial score (nSPS) is 15.9. The molecule has 1 aliphatic rings. The van der Waals surface area contributed by atoms with Crippen molar-refractivity contribution in [2.45, 2.75) is 19.8 Å². The summed E-state index contributed by atoms with van der Waals surface area (Å²) in [6.45, 7) is 2.02. The first kappa shape index (κ1) is 9.35. The molecule has 1 aliphatic carbocycles. The van der Waals surface area contributed by atoms with E-state index >= 15 is 0 Å². The van der Waals surface area contributed by atoms with E-state index in [4.69, 9.17) is 0 Å². The molecule has 0 heterocycles. The quantitative estimate of drug-likeness (QED) is 0.695. The van der Waals surface area contributed by atoms with E-state index in [0.717, 1.165) is 22.6 Å². The molecule has 0 aromatic carbocycles. The standard InChI is InChI=1S/C7H9.2CO.Rh/c1-2-7-5-3-4-6-7;2*1-2;/h3,5H,2,4H2,1H3;;;. The van der Waals surface area contributed by atoms with Gasteiger partial charge >= 0.3 is 75.2 Å². The Morgan fingerprint density at radius 2 is 2.17 bits per heavy atom. The monoisotopic (exact) mass is 252 g/mol. The van der Waals surface area contributed by atoms with Crippen LogP contribution in [0, 0.1) is 0 Å². The summed E-state index contributed by atoms with van der Waals surface area (Å²) >= 11 is -2.03. The summed E-state index contributed by atoms with van der Waals surface area (Å²) in [5, 5.41) is 0. The van der Waals surface area contributed by atoms with Gasteiger partial charge in [0, 0.05) is 0 Å². The van der Waals surface area contributed by atoms with E-state index in [2.05, 4.69) is 0 Å². The van der Waals surface area contributed by atoms with Crippen LogP contribution >= 0.6 is 0 Å². The first-order chi connectivity index (χ1) is 5.83. The van der Waals surface area contributed by atoms with Gasteiger partial charge in [0.1, 0.15) is 0 Å². The van der Waals surface area contributed by atoms with Crippen molar-refractivity contribution in [3.8, 4) is 0 Å². The Morgan fingerprint density at radius 3 is 2.67 bits per heavy atom. The Balaban J connectivity index is 3.23. The van der Waals surface area contributed by atoms with Gasteiger partial charge < -0.3 is 0 Å². The third-order valence-corrected chi connectivity index (χ3v) is 4.18. The van der Waals surface area contributed by atoms with Crippen LogP contribution in [0.2, 0.25) is 0 Å². The average Bonchev–Trinajstić information content (AvgIpc) is 2.55. The van der Waals surface area contributed by atoms with Crippen LogP contribution in [0.1, 0.15) is 19.8 Å². The Labute approximate surface area is 75.5 Å². The van der Waals surface area contributed by atoms with Crippen molar-refractivity contribution in [3.05, 3.63) is 21.9 Å². The van der Waals surface area contributed by atoms with E-state index < -0.39 is 15.0 Å². The van der Waals surface area contributed by atoms with E-state index in [1.54, 1.807) is 0 Å². The van der Waals surface area contributed by atoms with Crippen molar-refractivity contribution in [3.63, 3.8) is 0 Å². The zero-order valence-corrected chi connectivity index (χ0v) is 8.36. The van der Waals surface area contributed by atoms with E-state index in [1.807, 2.05) is 28.0 Å². The first-order valence-electron chi connectivity index (χ1n) is 3.60. The van der Waals surface area contributed by atoms with Crippen molar-refractivity contribution < 1.29 is 24.6 Å². The second-order valence-electron chi connectivity index (χ2n) is 2.25. The Bertz CT molecular complexity index is 355. The van der Waals surface area contributed by atoms with Gasteiger partial charge in [-0.15, -0.1) is 0 Å². The van der Waals surface area contributed by atoms with Gasteiger partial charge in [-0.3, -0.25) is 0 Å². The van der Waals surface area contributed by atoms with Crippen molar-refractivity contribution in [1.82, 2.24) is 0 Å². The van der Waals surface area contributed by atoms with Gasteiger partial charge in [-0.25, -0.2) is 0 Å². The summed E-state index contributed by atoms with van der Waals surface area (Å²) in [6.07, 6.45) is 5.61. The number of allylic oxidation sites excluding steroid dienone is 4. The van der Waals surface area contributed by atoms with Gasteiger partial charge in [0.2, 0.25) is 0 Å². The molecule has 12 heavy (non-hydrogen) atoms. The zero-order chi connectivity index (χ0) is 8.97. The van der Waals surface area contributed by atoms with E-state index in [0.29, 0.717) is 0 Å². The van der Waals surface area contributed by atoms with E-state index in [1.165, 1.54) is 0 Å². The van der Waals surface area contributed by atoms with Gasteiger partial charge in [-0.1, -0.05) is 0 Å². The molecule has 0 aromatic rings. The van der Waals surface area contributed by atoms with Crippen molar-refractivity contribution in [2.24, 2.45) is 0 Å². The SMILES string of the molecule is CCC1=[C]([Rh](=[C]=O)=[C]=O)CC=C1. The second kappa shape index (κ2) is 4.33. The molecule has 0 fully saturated rings. The maximum absolute atomic E-state index is 10.4. The molecule has 0 saturated carbocycles. The summed E-state index contributed by atoms with van der Waals surface area (Å²) in [5.74, 6) is 0. The topological polar surface area (TPSA) is 34.1 Å². The molecular formula is C9H9O2Rh. The van der Waals surface area contributed by atoms with Gasteiger partial charge in [0.15, 0.2) is 0 Å². The molecule has 0 spiro atoms. The fourth-order valence-corrected chi connectivity index (χ4v) is 3.04. The average molecular weight is 252 g/mol. The van der Waals surface area contributed by atoms with Crippen LogP contribution in [-0.4, -0.2) is 8.95 Å². The summed E-state index contributed by atoms with van der Waals surface area (Å²) in [7, 11) is 0. The van der Waals surface area contributed by atoms with Crippen LogP contribution in [0.5, 0.6) is 0 Å². The number of carbonyl (C=O) groups excluding carboxylic acids is 2. The van der Waals surface area contributed by atoms with Gasteiger partial charge in [0.05, 0.1) is 0 Å². The first-order valence-corrected chi connectivity index (χ1v) is 6.06. The van der Waals surface area contributed by atoms with Crippen LogP contribution in [0.25, 0.3) is 0 Å². The molecule has 0 unspecified atom stereocenters. The third kappa shape index (κ3) is 1.70. The fraction of sp³-hybridized carbons (Fsp3) is 0.333. The Kier molecular flexibility index (Phi) is 3.37. The molecule has 2 nitrogen and oxygen atoms in total. The molecule has 0 amide bonds. The molecule has 0 saturated heterocycles. The van der Waals surface area contributed by atoms with Gasteiger partial charge in [-0.2, -0.15) is 0 Å². The van der Waals surface area contributed by atoms with Crippen LogP contribution in [-0.2, 0) is 24.6 Å². The zero-order valence-electron chi connectivity index (χ0n) is 6.72. The van der Waals surface area contributed by atoms with Crippen molar-refractivity contribution in [1.29, 1.82) is 0 Å². The summed E-state index contributed by atoms with van der Waals surface area (Å²) in [4.78, 5) is 20.8. The van der Waals surface area contributed by atoms with Crippen LogP contribution in [0.3, 0.4) is 0 Å². The molecule has 0 aliphatic heterocycles. The van der Waals surface area contributed by atoms with Gasteiger partial charge in [0.25, 0.3) is 0 Å². The molecule has 1 rings (SSSR count). The van der Waals surface area contributed by atoms with E-state index in [-0.39, 0.29) is 0 Å². The van der Waals surface area contributed by atoms with Crippen molar-refractivity contribution >= 4 is 8.95 Å². The fourth-order valence-electron chi connectivity index (χ4n) is 1.09. The Hall–Kier alpha value is -0.737. The molecule has 0 N–H and O–H groups in total. The minimum atomic E-state index is -2.03. The number of rotatable bonds is 2. The third-order valence-electron chi connectivity index (χ3n) is 1.66. The van der Waals surface area contributed by atoms with Gasteiger partial charge in [-0.05, 0) is 0 Å². The minimum absolute atomic E-state index is 0.751.